The highest BCUT2D eigenvalue weighted by atomic mass is 32.2. The molecule has 2 heterocycles. The lowest BCUT2D eigenvalue weighted by Gasteiger charge is -2.21. The maximum atomic E-state index is 13.1. The number of ketones is 1. The van der Waals surface area contributed by atoms with Gasteiger partial charge in [-0.3, -0.25) is 19.0 Å². The Bertz CT molecular complexity index is 1240. The Labute approximate surface area is 183 Å². The van der Waals surface area contributed by atoms with E-state index in [0.717, 1.165) is 6.42 Å². The SMILES string of the molecule is CC[C@H](C)n1c(S[C@H](C)C(=O)c2ccc3c(c2)NC(=O)CO3)nc2ccccc2c1=O. The van der Waals surface area contributed by atoms with E-state index in [0.29, 0.717) is 33.1 Å². The van der Waals surface area contributed by atoms with Crippen molar-refractivity contribution in [2.75, 3.05) is 11.9 Å². The molecule has 2 atom stereocenters. The molecule has 0 aliphatic carbocycles. The number of amides is 1. The number of carbonyl (C=O) groups excluding carboxylic acids is 2. The van der Waals surface area contributed by atoms with E-state index >= 15 is 0 Å². The Morgan fingerprint density at radius 2 is 2.00 bits per heavy atom. The molecule has 1 aliphatic rings. The second-order valence-corrected chi connectivity index (χ2v) is 8.82. The van der Waals surface area contributed by atoms with Crippen LogP contribution < -0.4 is 15.6 Å². The molecule has 0 radical (unpaired) electrons. The number of Topliss-reactive ketones (excluding diaryl/α,β-unsaturated/α-hetero) is 1. The Morgan fingerprint density at radius 1 is 1.23 bits per heavy atom. The summed E-state index contributed by atoms with van der Waals surface area (Å²) in [5.74, 6) is 0.168. The van der Waals surface area contributed by atoms with Crippen molar-refractivity contribution in [2.45, 2.75) is 43.6 Å². The third-order valence-corrected chi connectivity index (χ3v) is 6.42. The van der Waals surface area contributed by atoms with Gasteiger partial charge in [0.1, 0.15) is 5.75 Å². The highest BCUT2D eigenvalue weighted by molar-refractivity contribution is 8.00. The van der Waals surface area contributed by atoms with Crippen LogP contribution in [0.5, 0.6) is 5.75 Å². The molecular formula is C23H23N3O4S. The number of carbonyl (C=O) groups is 2. The molecule has 8 heteroatoms. The van der Waals surface area contributed by atoms with Crippen molar-refractivity contribution in [3.63, 3.8) is 0 Å². The van der Waals surface area contributed by atoms with E-state index in [1.54, 1.807) is 41.8 Å². The molecule has 0 fully saturated rings. The van der Waals surface area contributed by atoms with Gasteiger partial charge >= 0.3 is 0 Å². The Kier molecular flexibility index (Phi) is 5.82. The third kappa shape index (κ3) is 4.07. The van der Waals surface area contributed by atoms with Gasteiger partial charge in [-0.1, -0.05) is 30.8 Å². The van der Waals surface area contributed by atoms with E-state index in [2.05, 4.69) is 5.32 Å². The number of hydrogen-bond donors (Lipinski definition) is 1. The fourth-order valence-electron chi connectivity index (χ4n) is 3.46. The van der Waals surface area contributed by atoms with Gasteiger partial charge in [-0.25, -0.2) is 4.98 Å². The minimum Gasteiger partial charge on any atom is -0.482 e. The summed E-state index contributed by atoms with van der Waals surface area (Å²) in [7, 11) is 0. The van der Waals surface area contributed by atoms with Crippen LogP contribution in [0.3, 0.4) is 0 Å². The molecule has 1 aromatic heterocycles. The van der Waals surface area contributed by atoms with E-state index in [1.165, 1.54) is 11.8 Å². The number of anilines is 1. The molecule has 1 N–H and O–H groups in total. The number of ether oxygens (including phenoxy) is 1. The van der Waals surface area contributed by atoms with Crippen molar-refractivity contribution < 1.29 is 14.3 Å². The smallest absolute Gasteiger partial charge is 0.262 e. The maximum Gasteiger partial charge on any atom is 0.262 e. The van der Waals surface area contributed by atoms with Crippen molar-refractivity contribution in [1.82, 2.24) is 9.55 Å². The quantitative estimate of drug-likeness (QED) is 0.355. The first kappa shape index (κ1) is 21.1. The van der Waals surface area contributed by atoms with Crippen molar-refractivity contribution >= 4 is 40.0 Å². The zero-order valence-electron chi connectivity index (χ0n) is 17.5. The fourth-order valence-corrected chi connectivity index (χ4v) is 4.55. The largest absolute Gasteiger partial charge is 0.482 e. The first-order chi connectivity index (χ1) is 14.9. The molecule has 3 aromatic rings. The zero-order chi connectivity index (χ0) is 22.1. The maximum absolute atomic E-state index is 13.1. The topological polar surface area (TPSA) is 90.3 Å². The van der Waals surface area contributed by atoms with Crippen LogP contribution >= 0.6 is 11.8 Å². The molecule has 1 amide bonds. The molecule has 0 bridgehead atoms. The Morgan fingerprint density at radius 3 is 2.77 bits per heavy atom. The van der Waals surface area contributed by atoms with Crippen LogP contribution in [-0.4, -0.2) is 33.1 Å². The van der Waals surface area contributed by atoms with Crippen LogP contribution in [-0.2, 0) is 4.79 Å². The number of thioether (sulfide) groups is 1. The van der Waals surface area contributed by atoms with Gasteiger partial charge < -0.3 is 10.1 Å². The normalized spacial score (nSPS) is 15.0. The van der Waals surface area contributed by atoms with Crippen LogP contribution in [0.2, 0.25) is 0 Å². The first-order valence-corrected chi connectivity index (χ1v) is 11.1. The highest BCUT2D eigenvalue weighted by Crippen LogP contribution is 2.32. The lowest BCUT2D eigenvalue weighted by molar-refractivity contribution is -0.118. The Balaban J connectivity index is 1.67. The van der Waals surface area contributed by atoms with Crippen LogP contribution in [0, 0.1) is 0 Å². The average Bonchev–Trinajstić information content (AvgIpc) is 2.77. The van der Waals surface area contributed by atoms with E-state index in [1.807, 2.05) is 26.0 Å². The van der Waals surface area contributed by atoms with E-state index in [4.69, 9.17) is 9.72 Å². The minimum atomic E-state index is -0.485. The van der Waals surface area contributed by atoms with Gasteiger partial charge in [0, 0.05) is 11.6 Å². The van der Waals surface area contributed by atoms with Gasteiger partial charge in [0.05, 0.1) is 21.8 Å². The van der Waals surface area contributed by atoms with Crippen molar-refractivity contribution in [3.05, 3.63) is 58.4 Å². The third-order valence-electron chi connectivity index (χ3n) is 5.36. The van der Waals surface area contributed by atoms with Gasteiger partial charge in [0.25, 0.3) is 11.5 Å². The zero-order valence-corrected chi connectivity index (χ0v) is 18.4. The molecule has 2 aromatic carbocycles. The number of nitrogens with one attached hydrogen (secondary N) is 1. The second-order valence-electron chi connectivity index (χ2n) is 7.52. The average molecular weight is 438 g/mol. The van der Waals surface area contributed by atoms with E-state index in [-0.39, 0.29) is 29.9 Å². The molecule has 4 rings (SSSR count). The number of hydrogen-bond acceptors (Lipinski definition) is 6. The van der Waals surface area contributed by atoms with Gasteiger partial charge in [-0.15, -0.1) is 0 Å². The molecule has 31 heavy (non-hydrogen) atoms. The Hall–Kier alpha value is -3.13. The number of fused-ring (bicyclic) bond motifs is 2. The molecule has 0 saturated carbocycles. The lowest BCUT2D eigenvalue weighted by atomic mass is 10.1. The molecule has 0 saturated heterocycles. The number of benzene rings is 2. The van der Waals surface area contributed by atoms with Gasteiger partial charge in [0.15, 0.2) is 17.5 Å². The monoisotopic (exact) mass is 437 g/mol. The standard InChI is InChI=1S/C23H23N3O4S/c1-4-13(2)26-22(29)16-7-5-6-8-17(16)25-23(26)31-14(3)21(28)15-9-10-19-18(11-15)24-20(27)12-30-19/h5-11,13-14H,4,12H2,1-3H3,(H,24,27)/t13-,14+/m0/s1. The molecular weight excluding hydrogens is 414 g/mol. The van der Waals surface area contributed by atoms with Crippen molar-refractivity contribution in [3.8, 4) is 5.75 Å². The van der Waals surface area contributed by atoms with Crippen LogP contribution in [0.15, 0.2) is 52.4 Å². The summed E-state index contributed by atoms with van der Waals surface area (Å²) in [4.78, 5) is 42.5. The van der Waals surface area contributed by atoms with Crippen LogP contribution in [0.1, 0.15) is 43.6 Å². The van der Waals surface area contributed by atoms with Gasteiger partial charge in [-0.2, -0.15) is 0 Å². The summed E-state index contributed by atoms with van der Waals surface area (Å²) in [5.41, 5.74) is 1.46. The highest BCUT2D eigenvalue weighted by Gasteiger charge is 2.24. The molecule has 160 valence electrons. The molecule has 7 nitrogen and oxygen atoms in total. The van der Waals surface area contributed by atoms with Crippen LogP contribution in [0.4, 0.5) is 5.69 Å². The van der Waals surface area contributed by atoms with E-state index < -0.39 is 5.25 Å². The molecule has 1 aliphatic heterocycles. The summed E-state index contributed by atoms with van der Waals surface area (Å²) in [6, 6.07) is 12.2. The van der Waals surface area contributed by atoms with Crippen molar-refractivity contribution in [1.29, 1.82) is 0 Å². The predicted octanol–water partition coefficient (Wildman–Crippen LogP) is 4.06. The lowest BCUT2D eigenvalue weighted by Crippen LogP contribution is -2.27. The minimum absolute atomic E-state index is 0.0344. The predicted molar refractivity (Wildman–Crippen MR) is 121 cm³/mol. The molecule has 0 spiro atoms. The number of para-hydroxylation sites is 1. The van der Waals surface area contributed by atoms with Crippen molar-refractivity contribution in [2.24, 2.45) is 0 Å². The molecule has 0 unspecified atom stereocenters. The summed E-state index contributed by atoms with van der Waals surface area (Å²) in [5, 5.41) is 3.33. The summed E-state index contributed by atoms with van der Waals surface area (Å²) < 4.78 is 7.04. The van der Waals surface area contributed by atoms with Gasteiger partial charge in [-0.05, 0) is 50.6 Å². The van der Waals surface area contributed by atoms with Crippen LogP contribution in [0.25, 0.3) is 10.9 Å². The summed E-state index contributed by atoms with van der Waals surface area (Å²) in [6.07, 6.45) is 0.764. The summed E-state index contributed by atoms with van der Waals surface area (Å²) >= 11 is 1.27. The number of rotatable bonds is 6. The van der Waals surface area contributed by atoms with E-state index in [9.17, 15) is 14.4 Å². The van der Waals surface area contributed by atoms with Gasteiger partial charge in [0.2, 0.25) is 0 Å². The number of aromatic nitrogens is 2. The number of nitrogens with zero attached hydrogens (tertiary/aromatic N) is 2. The fraction of sp³-hybridized carbons (Fsp3) is 0.304. The summed E-state index contributed by atoms with van der Waals surface area (Å²) in [6.45, 7) is 5.75. The second kappa shape index (κ2) is 8.55. The first-order valence-electron chi connectivity index (χ1n) is 10.2.